The molecular formula is C92H80F6N26Pt4. The number of pyridine rings is 6. The fourth-order valence-corrected chi connectivity index (χ4v) is 15.9. The maximum atomic E-state index is 12.2. The number of nitrogens with zero attached hydrogens (tertiary/aromatic N) is 26. The van der Waals surface area contributed by atoms with E-state index in [2.05, 4.69) is 221 Å². The van der Waals surface area contributed by atoms with Crippen molar-refractivity contribution >= 4 is 21.5 Å². The first kappa shape index (κ1) is 96.7. The minimum absolute atomic E-state index is 0. The Bertz CT molecular complexity index is 6030. The van der Waals surface area contributed by atoms with E-state index >= 15 is 0 Å². The van der Waals surface area contributed by atoms with E-state index in [1.165, 1.54) is 82.1 Å². The molecule has 26 nitrogen and oxygen atoms in total. The number of aryl methyl sites for hydroxylation is 4. The molecule has 0 spiro atoms. The molecule has 2 aromatic carbocycles. The van der Waals surface area contributed by atoms with E-state index in [0.29, 0.717) is 23.2 Å². The summed E-state index contributed by atoms with van der Waals surface area (Å²) in [6.45, 7) is 21.9. The SMILES string of the molecule is CC12CCC(c3c1n[n-]c3-c1cc3ccccc3cn1)C2(C)C.CC12CCC(c3c1n[n-]c3-c1cc3ccccc3cn1)C2(C)C.Cc1cc(-c2ccccn2)[n-]n1.Cc1cc(-c2ccccn2)[n-]n1.Cc1cc(-c2cnccn2)[n-]n1.Cc1cc(-c2cnccn2)[n-]n1.FC(F)(F)c1cc(-c2ccccn2)[n-]n1.FC(F)(F)c1cc(-c2ccccn2)[n-]n1.[Pt+2].[Pt+2].[Pt+2].[Pt+2]. The van der Waals surface area contributed by atoms with E-state index in [0.717, 1.165) is 103 Å². The van der Waals surface area contributed by atoms with Crippen LogP contribution in [0.5, 0.6) is 0 Å². The number of alkyl halides is 6. The third kappa shape index (κ3) is 21.2. The molecular weight excluding hydrogens is 2360 g/mol. The summed E-state index contributed by atoms with van der Waals surface area (Å²) in [6, 6.07) is 51.7. The van der Waals surface area contributed by atoms with Gasteiger partial charge in [0.25, 0.3) is 0 Å². The molecule has 0 aliphatic heterocycles. The molecule has 660 valence electrons. The zero-order valence-corrected chi connectivity index (χ0v) is 79.3. The van der Waals surface area contributed by atoms with Crippen LogP contribution in [0, 0.1) is 38.5 Å². The number of halogens is 6. The van der Waals surface area contributed by atoms with Crippen LogP contribution in [0.25, 0.3) is 113 Å². The van der Waals surface area contributed by atoms with E-state index < -0.39 is 23.7 Å². The minimum atomic E-state index is -4.46. The molecule has 0 N–H and O–H groups in total. The van der Waals surface area contributed by atoms with Gasteiger partial charge in [-0.05, 0) is 171 Å². The molecule has 4 bridgehead atoms. The Morgan fingerprint density at radius 3 is 0.852 bits per heavy atom. The van der Waals surface area contributed by atoms with Gasteiger partial charge in [-0.1, -0.05) is 184 Å². The molecule has 18 aromatic rings. The van der Waals surface area contributed by atoms with Crippen LogP contribution in [0.3, 0.4) is 0 Å². The van der Waals surface area contributed by atoms with Gasteiger partial charge in [-0.15, -0.1) is 0 Å². The van der Waals surface area contributed by atoms with Crippen molar-refractivity contribution in [3.63, 3.8) is 0 Å². The predicted molar refractivity (Wildman–Crippen MR) is 452 cm³/mol. The van der Waals surface area contributed by atoms with Crippen LogP contribution < -0.4 is 40.8 Å². The maximum absolute atomic E-state index is 12.2. The third-order valence-corrected chi connectivity index (χ3v) is 23.1. The number of hydrogen-bond donors (Lipinski definition) is 0. The van der Waals surface area contributed by atoms with Crippen molar-refractivity contribution in [3.05, 3.63) is 301 Å². The van der Waals surface area contributed by atoms with E-state index in [4.69, 9.17) is 0 Å². The first-order valence-corrected chi connectivity index (χ1v) is 39.6. The van der Waals surface area contributed by atoms with Gasteiger partial charge in [0, 0.05) is 141 Å². The third-order valence-electron chi connectivity index (χ3n) is 23.1. The summed E-state index contributed by atoms with van der Waals surface area (Å²) in [5.74, 6) is 1.11. The van der Waals surface area contributed by atoms with Gasteiger partial charge < -0.3 is 81.6 Å². The fourth-order valence-electron chi connectivity index (χ4n) is 15.9. The normalized spacial score (nSPS) is 16.4. The van der Waals surface area contributed by atoms with E-state index in [1.54, 1.807) is 86.0 Å². The zero-order valence-electron chi connectivity index (χ0n) is 70.2. The number of fused-ring (bicyclic) bond motifs is 12. The smallest absolute Gasteiger partial charge is 0.574 e. The zero-order chi connectivity index (χ0) is 87.0. The van der Waals surface area contributed by atoms with Crippen LogP contribution in [-0.2, 0) is 107 Å². The Kier molecular flexibility index (Phi) is 31.3. The second kappa shape index (κ2) is 41.4. The number of rotatable bonds is 8. The van der Waals surface area contributed by atoms with E-state index in [1.807, 2.05) is 113 Å². The molecule has 22 rings (SSSR count). The molecule has 4 unspecified atom stereocenters. The van der Waals surface area contributed by atoms with Gasteiger partial charge in [0.05, 0.1) is 35.2 Å². The fraction of sp³-hybridized carbons (Fsp3) is 0.239. The van der Waals surface area contributed by atoms with Crippen molar-refractivity contribution in [1.29, 1.82) is 0 Å². The summed E-state index contributed by atoms with van der Waals surface area (Å²) in [5, 5.41) is 67.4. The van der Waals surface area contributed by atoms with Crippen LogP contribution in [0.15, 0.2) is 244 Å². The van der Waals surface area contributed by atoms with Crippen LogP contribution in [-0.4, -0.2) is 90.6 Å². The second-order valence-electron chi connectivity index (χ2n) is 31.5. The second-order valence-corrected chi connectivity index (χ2v) is 31.5. The quantitative estimate of drug-likeness (QED) is 0.128. The molecule has 16 heterocycles. The van der Waals surface area contributed by atoms with Gasteiger partial charge in [-0.3, -0.25) is 49.8 Å². The number of aromatic nitrogens is 26. The number of hydrogen-bond acceptors (Lipinski definition) is 18. The molecule has 0 saturated heterocycles. The molecule has 128 heavy (non-hydrogen) atoms. The van der Waals surface area contributed by atoms with Crippen molar-refractivity contribution in [2.75, 3.05) is 0 Å². The van der Waals surface area contributed by atoms with Crippen LogP contribution >= 0.6 is 0 Å². The number of benzene rings is 2. The van der Waals surface area contributed by atoms with Crippen molar-refractivity contribution in [1.82, 2.24) is 131 Å². The summed E-state index contributed by atoms with van der Waals surface area (Å²) in [5.41, 5.74) is 19.1. The molecule has 4 aliphatic rings. The molecule has 36 heteroatoms. The summed E-state index contributed by atoms with van der Waals surface area (Å²) in [7, 11) is 0. The van der Waals surface area contributed by atoms with Gasteiger partial charge in [0.15, 0.2) is 0 Å². The van der Waals surface area contributed by atoms with Crippen LogP contribution in [0.4, 0.5) is 26.3 Å². The largest absolute Gasteiger partial charge is 2.00 e. The van der Waals surface area contributed by atoms with Crippen molar-refractivity contribution in [2.45, 2.75) is 130 Å². The molecule has 2 fully saturated rings. The molecule has 16 aromatic heterocycles. The summed E-state index contributed by atoms with van der Waals surface area (Å²) < 4.78 is 73.2. The summed E-state index contributed by atoms with van der Waals surface area (Å²) in [6.07, 6.45) is 16.3. The Labute approximate surface area is 790 Å². The van der Waals surface area contributed by atoms with Crippen molar-refractivity contribution < 1.29 is 111 Å². The van der Waals surface area contributed by atoms with Gasteiger partial charge in [-0.25, -0.2) is 0 Å². The van der Waals surface area contributed by atoms with Gasteiger partial charge in [0.2, 0.25) is 0 Å². The Hall–Kier alpha value is -12.0. The Morgan fingerprint density at radius 2 is 0.578 bits per heavy atom. The summed E-state index contributed by atoms with van der Waals surface area (Å²) in [4.78, 5) is 41.5. The maximum Gasteiger partial charge on any atom is 2.00 e. The van der Waals surface area contributed by atoms with Gasteiger partial charge in [0.1, 0.15) is 11.4 Å². The molecule has 4 atom stereocenters. The topological polar surface area (TPSA) is 345 Å². The van der Waals surface area contributed by atoms with Crippen molar-refractivity contribution in [2.24, 2.45) is 10.8 Å². The first-order chi connectivity index (χ1) is 59.6. The molecule has 0 amide bonds. The van der Waals surface area contributed by atoms with E-state index in [9.17, 15) is 26.3 Å². The van der Waals surface area contributed by atoms with Crippen LogP contribution in [0.1, 0.15) is 136 Å². The predicted octanol–water partition coefficient (Wildman–Crippen LogP) is 17.5. The minimum Gasteiger partial charge on any atom is -0.574 e. The molecule has 0 radical (unpaired) electrons. The monoisotopic (exact) mass is 2440 g/mol. The standard InChI is InChI=1S/2C20H20N3.2C9H5F3N3.2C9H8N3.2C8H7N4.4Pt/c2*1-19(2)14-8-9-20(19,3)18-16(14)17(22-23-18)15-10-12-6-4-5-7-13(12)11-21-15;2*10-9(11,12)8-5-7(14-15-8)6-3-1-2-4-13-6;2*1-7-6-9(12-11-7)8-4-2-3-5-10-8;2*1-6-4-7(12-11-6)8-5-9-2-3-10-8;;;;/h2*4-7,10-11,14H,8-9H2,1-3H3;2*1-5H;2*2-6H,1H3;2*2-5H,1H3;;;;/q8*-1;4*+2. The van der Waals surface area contributed by atoms with Gasteiger partial charge in [-0.2, -0.15) is 26.3 Å². The van der Waals surface area contributed by atoms with Gasteiger partial charge >= 0.3 is 96.6 Å². The Morgan fingerprint density at radius 1 is 0.289 bits per heavy atom. The Balaban J connectivity index is 0.000000143. The average molecular weight is 2440 g/mol. The first-order valence-electron chi connectivity index (χ1n) is 39.6. The average Bonchev–Trinajstić information content (AvgIpc) is 1.52. The molecule has 2 saturated carbocycles. The molecule has 4 aliphatic carbocycles. The van der Waals surface area contributed by atoms with E-state index in [-0.39, 0.29) is 117 Å². The summed E-state index contributed by atoms with van der Waals surface area (Å²) >= 11 is 0. The van der Waals surface area contributed by atoms with Crippen LogP contribution in [0.2, 0.25) is 0 Å². The van der Waals surface area contributed by atoms with Crippen molar-refractivity contribution in [3.8, 4) is 91.1 Å².